The highest BCUT2D eigenvalue weighted by Crippen LogP contribution is 2.20. The molecule has 3 aromatic rings. The van der Waals surface area contributed by atoms with Gasteiger partial charge in [-0.3, -0.25) is 14.5 Å². The van der Waals surface area contributed by atoms with Crippen LogP contribution in [0.3, 0.4) is 0 Å². The summed E-state index contributed by atoms with van der Waals surface area (Å²) in [5.74, 6) is 1.36. The summed E-state index contributed by atoms with van der Waals surface area (Å²) >= 11 is 11.3. The van der Waals surface area contributed by atoms with Crippen LogP contribution in [0.15, 0.2) is 48.5 Å². The summed E-state index contributed by atoms with van der Waals surface area (Å²) in [4.78, 5) is 14.7. The fraction of sp³-hybridized carbons (Fsp3) is 0.250. The average Bonchev–Trinajstić information content (AvgIpc) is 3.07. The van der Waals surface area contributed by atoms with Crippen molar-refractivity contribution in [2.45, 2.75) is 20.0 Å². The van der Waals surface area contributed by atoms with Crippen LogP contribution in [0.1, 0.15) is 12.5 Å². The lowest BCUT2D eigenvalue weighted by atomic mass is 10.2. The molecule has 146 valence electrons. The maximum Gasteiger partial charge on any atom is 0.242 e. The van der Waals surface area contributed by atoms with Gasteiger partial charge in [0.1, 0.15) is 12.3 Å². The Morgan fingerprint density at radius 3 is 2.50 bits per heavy atom. The lowest BCUT2D eigenvalue weighted by Gasteiger charge is -2.21. The number of nitrogens with one attached hydrogen (secondary N) is 1. The standard InChI is InChI=1S/C20H21ClN4O2S/c1-3-24(12-14-4-10-17(27-2)11-5-14)18(26)13-25-19(22-23-20(25)28)15-6-8-16(21)9-7-15/h4-11H,3,12-13H2,1-2H3,(H,23,28). The highest BCUT2D eigenvalue weighted by molar-refractivity contribution is 7.71. The monoisotopic (exact) mass is 416 g/mol. The predicted octanol–water partition coefficient (Wildman–Crippen LogP) is 4.32. The third-order valence-electron chi connectivity index (χ3n) is 4.42. The Morgan fingerprint density at radius 1 is 1.21 bits per heavy atom. The number of carbonyl (C=O) groups excluding carboxylic acids is 1. The summed E-state index contributed by atoms with van der Waals surface area (Å²) in [6.07, 6.45) is 0. The van der Waals surface area contributed by atoms with Crippen LogP contribution in [0.2, 0.25) is 5.02 Å². The van der Waals surface area contributed by atoms with Gasteiger partial charge >= 0.3 is 0 Å². The number of amides is 1. The maximum absolute atomic E-state index is 12.9. The second-order valence-corrected chi connectivity index (χ2v) is 7.02. The van der Waals surface area contributed by atoms with E-state index in [2.05, 4.69) is 10.2 Å². The van der Waals surface area contributed by atoms with Crippen LogP contribution in [-0.4, -0.2) is 39.2 Å². The number of halogens is 1. The second-order valence-electron chi connectivity index (χ2n) is 6.20. The zero-order chi connectivity index (χ0) is 20.1. The molecule has 0 saturated heterocycles. The van der Waals surface area contributed by atoms with Gasteiger partial charge in [-0.25, -0.2) is 0 Å². The highest BCUT2D eigenvalue weighted by Gasteiger charge is 2.17. The normalized spacial score (nSPS) is 10.7. The number of hydrogen-bond donors (Lipinski definition) is 1. The molecule has 8 heteroatoms. The molecule has 0 radical (unpaired) electrons. The predicted molar refractivity (Wildman–Crippen MR) is 112 cm³/mol. The number of H-pyrrole nitrogens is 1. The van der Waals surface area contributed by atoms with E-state index in [4.69, 9.17) is 28.6 Å². The maximum atomic E-state index is 12.9. The molecule has 0 aliphatic rings. The number of ether oxygens (including phenoxy) is 1. The summed E-state index contributed by atoms with van der Waals surface area (Å²) < 4.78 is 7.29. The molecule has 0 aliphatic heterocycles. The van der Waals surface area contributed by atoms with Crippen molar-refractivity contribution in [2.24, 2.45) is 0 Å². The van der Waals surface area contributed by atoms with Gasteiger partial charge in [-0.05, 0) is 61.1 Å². The second kappa shape index (κ2) is 9.03. The van der Waals surface area contributed by atoms with Gasteiger partial charge in [0.25, 0.3) is 0 Å². The minimum atomic E-state index is -0.0361. The molecule has 0 atom stereocenters. The van der Waals surface area contributed by atoms with E-state index in [1.165, 1.54) is 0 Å². The topological polar surface area (TPSA) is 63.1 Å². The molecule has 3 rings (SSSR count). The summed E-state index contributed by atoms with van der Waals surface area (Å²) in [7, 11) is 1.63. The average molecular weight is 417 g/mol. The fourth-order valence-corrected chi connectivity index (χ4v) is 3.17. The Bertz CT molecular complexity index is 996. The number of nitrogens with zero attached hydrogens (tertiary/aromatic N) is 3. The molecule has 1 N–H and O–H groups in total. The van der Waals surface area contributed by atoms with Crippen LogP contribution >= 0.6 is 23.8 Å². The first-order valence-corrected chi connectivity index (χ1v) is 9.62. The van der Waals surface area contributed by atoms with Crippen LogP contribution in [0.5, 0.6) is 5.75 Å². The van der Waals surface area contributed by atoms with Crippen molar-refractivity contribution >= 4 is 29.7 Å². The molecule has 0 saturated carbocycles. The van der Waals surface area contributed by atoms with E-state index in [1.54, 1.807) is 28.7 Å². The van der Waals surface area contributed by atoms with Crippen LogP contribution in [0, 0.1) is 4.77 Å². The van der Waals surface area contributed by atoms with Gasteiger partial charge in [-0.15, -0.1) is 0 Å². The van der Waals surface area contributed by atoms with E-state index in [9.17, 15) is 4.79 Å². The van der Waals surface area contributed by atoms with E-state index in [-0.39, 0.29) is 12.5 Å². The molecule has 0 fully saturated rings. The largest absolute Gasteiger partial charge is 0.497 e. The zero-order valence-corrected chi connectivity index (χ0v) is 17.3. The number of aromatic nitrogens is 3. The highest BCUT2D eigenvalue weighted by atomic mass is 35.5. The summed E-state index contributed by atoms with van der Waals surface area (Å²) in [5, 5.41) is 7.68. The lowest BCUT2D eigenvalue weighted by molar-refractivity contribution is -0.132. The SMILES string of the molecule is CCN(Cc1ccc(OC)cc1)C(=O)Cn1c(-c2ccc(Cl)cc2)n[nH]c1=S. The van der Waals surface area contributed by atoms with Crippen LogP contribution in [0.4, 0.5) is 0 Å². The number of aromatic amines is 1. The number of benzene rings is 2. The van der Waals surface area contributed by atoms with Gasteiger partial charge in [0.2, 0.25) is 5.91 Å². The minimum absolute atomic E-state index is 0.0361. The zero-order valence-electron chi connectivity index (χ0n) is 15.7. The van der Waals surface area contributed by atoms with Crippen molar-refractivity contribution in [1.82, 2.24) is 19.7 Å². The van der Waals surface area contributed by atoms with Gasteiger partial charge in [0.05, 0.1) is 7.11 Å². The Kier molecular flexibility index (Phi) is 6.49. The van der Waals surface area contributed by atoms with Crippen molar-refractivity contribution in [1.29, 1.82) is 0 Å². The van der Waals surface area contributed by atoms with Gasteiger partial charge in [0.15, 0.2) is 10.6 Å². The number of carbonyl (C=O) groups is 1. The molecule has 0 bridgehead atoms. The fourth-order valence-electron chi connectivity index (χ4n) is 2.85. The molecule has 0 unspecified atom stereocenters. The lowest BCUT2D eigenvalue weighted by Crippen LogP contribution is -2.33. The van der Waals surface area contributed by atoms with E-state index < -0.39 is 0 Å². The van der Waals surface area contributed by atoms with Crippen LogP contribution in [-0.2, 0) is 17.9 Å². The smallest absolute Gasteiger partial charge is 0.242 e. The first-order chi connectivity index (χ1) is 13.5. The molecule has 0 spiro atoms. The van der Waals surface area contributed by atoms with Crippen LogP contribution < -0.4 is 4.74 Å². The Hall–Kier alpha value is -2.64. The molecular weight excluding hydrogens is 396 g/mol. The molecule has 28 heavy (non-hydrogen) atoms. The summed E-state index contributed by atoms with van der Waals surface area (Å²) in [6.45, 7) is 3.17. The van der Waals surface area contributed by atoms with E-state index >= 15 is 0 Å². The third-order valence-corrected chi connectivity index (χ3v) is 4.98. The van der Waals surface area contributed by atoms with Gasteiger partial charge < -0.3 is 9.64 Å². The van der Waals surface area contributed by atoms with E-state index in [1.807, 2.05) is 43.3 Å². The molecule has 0 aliphatic carbocycles. The van der Waals surface area contributed by atoms with Crippen LogP contribution in [0.25, 0.3) is 11.4 Å². The summed E-state index contributed by atoms with van der Waals surface area (Å²) in [5.41, 5.74) is 1.87. The first-order valence-electron chi connectivity index (χ1n) is 8.83. The molecule has 6 nitrogen and oxygen atoms in total. The van der Waals surface area contributed by atoms with Crippen molar-refractivity contribution in [3.05, 3.63) is 63.9 Å². The van der Waals surface area contributed by atoms with Crippen molar-refractivity contribution < 1.29 is 9.53 Å². The molecule has 1 aromatic heterocycles. The Balaban J connectivity index is 1.78. The molecular formula is C20H21ClN4O2S. The van der Waals surface area contributed by atoms with Gasteiger partial charge in [0, 0.05) is 23.7 Å². The van der Waals surface area contributed by atoms with Crippen molar-refractivity contribution in [3.63, 3.8) is 0 Å². The Morgan fingerprint density at radius 2 is 1.89 bits per heavy atom. The minimum Gasteiger partial charge on any atom is -0.497 e. The third kappa shape index (κ3) is 4.61. The quantitative estimate of drug-likeness (QED) is 0.582. The Labute approximate surface area is 173 Å². The number of rotatable bonds is 7. The first kappa shape index (κ1) is 20.1. The number of hydrogen-bond acceptors (Lipinski definition) is 4. The van der Waals surface area contributed by atoms with E-state index in [0.717, 1.165) is 16.9 Å². The molecule has 1 heterocycles. The van der Waals surface area contributed by atoms with Crippen molar-refractivity contribution in [2.75, 3.05) is 13.7 Å². The molecule has 1 amide bonds. The number of methoxy groups -OCH3 is 1. The summed E-state index contributed by atoms with van der Waals surface area (Å²) in [6, 6.07) is 14.9. The van der Waals surface area contributed by atoms with Gasteiger partial charge in [-0.1, -0.05) is 23.7 Å². The van der Waals surface area contributed by atoms with Gasteiger partial charge in [-0.2, -0.15) is 5.10 Å². The number of likely N-dealkylation sites (N-methyl/N-ethyl adjacent to an activating group) is 1. The molecule has 2 aromatic carbocycles. The van der Waals surface area contributed by atoms with E-state index in [0.29, 0.717) is 28.7 Å². The van der Waals surface area contributed by atoms with Crippen molar-refractivity contribution in [3.8, 4) is 17.1 Å².